The van der Waals surface area contributed by atoms with E-state index in [4.69, 9.17) is 12.2 Å². The summed E-state index contributed by atoms with van der Waals surface area (Å²) < 4.78 is 0. The summed E-state index contributed by atoms with van der Waals surface area (Å²) in [5.74, 6) is 2.69. The van der Waals surface area contributed by atoms with E-state index in [2.05, 4.69) is 31.6 Å². The lowest BCUT2D eigenvalue weighted by molar-refractivity contribution is 0.218. The molecule has 0 radical (unpaired) electrons. The van der Waals surface area contributed by atoms with Crippen LogP contribution in [0.3, 0.4) is 0 Å². The van der Waals surface area contributed by atoms with Crippen molar-refractivity contribution in [1.82, 2.24) is 4.90 Å². The fourth-order valence-electron chi connectivity index (χ4n) is 1.58. The maximum atomic E-state index is 6.25. The minimum Gasteiger partial charge on any atom is -0.324 e. The van der Waals surface area contributed by atoms with Gasteiger partial charge in [-0.3, -0.25) is 4.90 Å². The highest BCUT2D eigenvalue weighted by molar-refractivity contribution is 4.92. The molecule has 0 heterocycles. The van der Waals surface area contributed by atoms with E-state index in [1.54, 1.807) is 0 Å². The van der Waals surface area contributed by atoms with Gasteiger partial charge in [0.25, 0.3) is 0 Å². The first-order chi connectivity index (χ1) is 6.61. The van der Waals surface area contributed by atoms with E-state index >= 15 is 0 Å². The second kappa shape index (κ2) is 6.86. The van der Waals surface area contributed by atoms with Crippen molar-refractivity contribution in [1.29, 1.82) is 0 Å². The summed E-state index contributed by atoms with van der Waals surface area (Å²) in [4.78, 5) is 2.27. The minimum atomic E-state index is -0.0635. The number of nitrogens with two attached hydrogens (primary N) is 1. The summed E-state index contributed by atoms with van der Waals surface area (Å²) >= 11 is 0. The van der Waals surface area contributed by atoms with Crippen molar-refractivity contribution in [2.24, 2.45) is 5.73 Å². The normalized spacial score (nSPS) is 11.7. The van der Waals surface area contributed by atoms with Crippen molar-refractivity contribution in [3.63, 3.8) is 0 Å². The number of nitrogens with zero attached hydrogens (tertiary/aromatic N) is 1. The topological polar surface area (TPSA) is 29.3 Å². The highest BCUT2D eigenvalue weighted by atomic mass is 15.1. The zero-order chi connectivity index (χ0) is 11.0. The zero-order valence-corrected chi connectivity index (χ0v) is 9.84. The molecule has 0 unspecified atom stereocenters. The lowest BCUT2D eigenvalue weighted by Crippen LogP contribution is -2.49. The molecule has 0 aromatic rings. The van der Waals surface area contributed by atoms with E-state index in [1.165, 1.54) is 0 Å². The van der Waals surface area contributed by atoms with Crippen LogP contribution >= 0.6 is 0 Å². The average molecular weight is 196 g/mol. The van der Waals surface area contributed by atoms with E-state index in [0.717, 1.165) is 32.4 Å². The third-order valence-electron chi connectivity index (χ3n) is 2.80. The number of terminal acetylenes is 1. The van der Waals surface area contributed by atoms with Gasteiger partial charge in [0.05, 0.1) is 6.54 Å². The van der Waals surface area contributed by atoms with Gasteiger partial charge in [-0.2, -0.15) is 0 Å². The molecule has 0 aromatic carbocycles. The van der Waals surface area contributed by atoms with Gasteiger partial charge in [-0.25, -0.2) is 0 Å². The summed E-state index contributed by atoms with van der Waals surface area (Å²) in [5.41, 5.74) is 6.18. The first kappa shape index (κ1) is 13.5. The van der Waals surface area contributed by atoms with Gasteiger partial charge in [0.1, 0.15) is 0 Å². The Morgan fingerprint density at radius 2 is 1.86 bits per heavy atom. The Morgan fingerprint density at radius 1 is 1.29 bits per heavy atom. The van der Waals surface area contributed by atoms with Gasteiger partial charge in [0.15, 0.2) is 0 Å². The molecule has 0 fully saturated rings. The van der Waals surface area contributed by atoms with Crippen molar-refractivity contribution in [2.75, 3.05) is 19.6 Å². The molecule has 0 aliphatic heterocycles. The van der Waals surface area contributed by atoms with E-state index in [-0.39, 0.29) is 5.54 Å². The largest absolute Gasteiger partial charge is 0.324 e. The Bertz CT molecular complexity index is 177. The summed E-state index contributed by atoms with van der Waals surface area (Å²) in [6.07, 6.45) is 8.48. The van der Waals surface area contributed by atoms with Gasteiger partial charge in [-0.1, -0.05) is 26.7 Å². The number of rotatable bonds is 7. The van der Waals surface area contributed by atoms with Crippen molar-refractivity contribution >= 4 is 0 Å². The van der Waals surface area contributed by atoms with Gasteiger partial charge >= 0.3 is 0 Å². The standard InChI is InChI=1S/C12H24N2/c1-5-9-14(10-6-2)11-12(13,7-3)8-4/h1H,6-11,13H2,2-4H3. The fraction of sp³-hybridized carbons (Fsp3) is 0.833. The predicted molar refractivity (Wildman–Crippen MR) is 63.1 cm³/mol. The third kappa shape index (κ3) is 4.64. The Balaban J connectivity index is 4.19. The molecule has 14 heavy (non-hydrogen) atoms. The van der Waals surface area contributed by atoms with Crippen LogP contribution in [0.5, 0.6) is 0 Å². The van der Waals surface area contributed by atoms with Crippen LogP contribution in [0.4, 0.5) is 0 Å². The highest BCUT2D eigenvalue weighted by Gasteiger charge is 2.22. The minimum absolute atomic E-state index is 0.0635. The smallest absolute Gasteiger partial charge is 0.0599 e. The van der Waals surface area contributed by atoms with Crippen LogP contribution in [0.15, 0.2) is 0 Å². The molecule has 0 atom stereocenters. The van der Waals surface area contributed by atoms with E-state index in [1.807, 2.05) is 0 Å². The molecule has 0 aliphatic rings. The van der Waals surface area contributed by atoms with Gasteiger partial charge in [0, 0.05) is 12.1 Å². The van der Waals surface area contributed by atoms with E-state index in [0.29, 0.717) is 6.54 Å². The van der Waals surface area contributed by atoms with Crippen LogP contribution in [0.2, 0.25) is 0 Å². The Morgan fingerprint density at radius 3 is 2.21 bits per heavy atom. The fourth-order valence-corrected chi connectivity index (χ4v) is 1.58. The molecule has 0 aromatic heterocycles. The highest BCUT2D eigenvalue weighted by Crippen LogP contribution is 2.13. The van der Waals surface area contributed by atoms with Crippen LogP contribution in [0, 0.1) is 12.3 Å². The molecule has 2 N–H and O–H groups in total. The van der Waals surface area contributed by atoms with Crippen molar-refractivity contribution < 1.29 is 0 Å². The second-order valence-electron chi connectivity index (χ2n) is 3.98. The summed E-state index contributed by atoms with van der Waals surface area (Å²) in [6.45, 7) is 9.13. The summed E-state index contributed by atoms with van der Waals surface area (Å²) in [5, 5.41) is 0. The van der Waals surface area contributed by atoms with Crippen molar-refractivity contribution in [2.45, 2.75) is 45.6 Å². The molecular weight excluding hydrogens is 172 g/mol. The zero-order valence-electron chi connectivity index (χ0n) is 9.84. The van der Waals surface area contributed by atoms with Gasteiger partial charge in [0.2, 0.25) is 0 Å². The molecule has 2 heteroatoms. The van der Waals surface area contributed by atoms with Crippen LogP contribution < -0.4 is 5.73 Å². The van der Waals surface area contributed by atoms with Gasteiger partial charge in [-0.15, -0.1) is 6.42 Å². The Labute approximate surface area is 88.9 Å². The molecule has 0 amide bonds. The predicted octanol–water partition coefficient (Wildman–Crippen LogP) is 1.85. The van der Waals surface area contributed by atoms with Gasteiger partial charge in [-0.05, 0) is 25.8 Å². The molecule has 82 valence electrons. The second-order valence-corrected chi connectivity index (χ2v) is 3.98. The molecule has 0 bridgehead atoms. The molecule has 0 spiro atoms. The van der Waals surface area contributed by atoms with Crippen LogP contribution in [0.25, 0.3) is 0 Å². The molecule has 0 saturated heterocycles. The lowest BCUT2D eigenvalue weighted by atomic mass is 9.93. The summed E-state index contributed by atoms with van der Waals surface area (Å²) in [7, 11) is 0. The number of hydrogen-bond donors (Lipinski definition) is 1. The monoisotopic (exact) mass is 196 g/mol. The Kier molecular flexibility index (Phi) is 6.61. The first-order valence-electron chi connectivity index (χ1n) is 5.56. The quantitative estimate of drug-likeness (QED) is 0.630. The maximum absolute atomic E-state index is 6.25. The third-order valence-corrected chi connectivity index (χ3v) is 2.80. The van der Waals surface area contributed by atoms with E-state index in [9.17, 15) is 0 Å². The van der Waals surface area contributed by atoms with E-state index < -0.39 is 0 Å². The van der Waals surface area contributed by atoms with Gasteiger partial charge < -0.3 is 5.73 Å². The SMILES string of the molecule is C#CCN(CCC)CC(N)(CC)CC. The average Bonchev–Trinajstić information content (AvgIpc) is 2.18. The van der Waals surface area contributed by atoms with Crippen LogP contribution in [0.1, 0.15) is 40.0 Å². The lowest BCUT2D eigenvalue weighted by Gasteiger charge is -2.33. The first-order valence-corrected chi connectivity index (χ1v) is 5.56. The number of hydrogen-bond acceptors (Lipinski definition) is 2. The van der Waals surface area contributed by atoms with Crippen LogP contribution in [-0.4, -0.2) is 30.1 Å². The van der Waals surface area contributed by atoms with Crippen molar-refractivity contribution in [3.8, 4) is 12.3 Å². The van der Waals surface area contributed by atoms with Crippen molar-refractivity contribution in [3.05, 3.63) is 0 Å². The Hall–Kier alpha value is -0.520. The molecule has 0 saturated carbocycles. The molecule has 0 aliphatic carbocycles. The molecule has 2 nitrogen and oxygen atoms in total. The molecular formula is C12H24N2. The maximum Gasteiger partial charge on any atom is 0.0599 e. The summed E-state index contributed by atoms with van der Waals surface area (Å²) in [6, 6.07) is 0. The van der Waals surface area contributed by atoms with Crippen LogP contribution in [-0.2, 0) is 0 Å². The molecule has 0 rings (SSSR count).